The van der Waals surface area contributed by atoms with Gasteiger partial charge >= 0.3 is 0 Å². The third-order valence-electron chi connectivity index (χ3n) is 6.76. The Labute approximate surface area is 194 Å². The molecule has 0 aliphatic carbocycles. The van der Waals surface area contributed by atoms with E-state index >= 15 is 0 Å². The van der Waals surface area contributed by atoms with Gasteiger partial charge in [0.1, 0.15) is 6.17 Å². The minimum Gasteiger partial charge on any atom is -0.356 e. The molecule has 0 aromatic heterocycles. The molecule has 1 aromatic carbocycles. The Morgan fingerprint density at radius 1 is 0.581 bits per heavy atom. The maximum absolute atomic E-state index is 2.59. The molecule has 2 nitrogen and oxygen atoms in total. The van der Waals surface area contributed by atoms with E-state index in [1.807, 2.05) is 0 Å². The van der Waals surface area contributed by atoms with Crippen molar-refractivity contribution in [3.63, 3.8) is 0 Å². The minimum atomic E-state index is 0.555. The van der Waals surface area contributed by atoms with Crippen LogP contribution < -0.4 is 0 Å². The van der Waals surface area contributed by atoms with E-state index in [2.05, 4.69) is 66.4 Å². The smallest absolute Gasteiger partial charge is 0.101 e. The zero-order valence-corrected chi connectivity index (χ0v) is 20.7. The molecule has 1 aliphatic rings. The summed E-state index contributed by atoms with van der Waals surface area (Å²) < 4.78 is 0. The second-order valence-electron chi connectivity index (χ2n) is 9.56. The Morgan fingerprint density at radius 3 is 1.68 bits per heavy atom. The summed E-state index contributed by atoms with van der Waals surface area (Å²) >= 11 is 0. The zero-order chi connectivity index (χ0) is 22.0. The average molecular weight is 427 g/mol. The topological polar surface area (TPSA) is 6.48 Å². The molecule has 176 valence electrons. The average Bonchev–Trinajstić information content (AvgIpc) is 3.17. The van der Waals surface area contributed by atoms with E-state index < -0.39 is 0 Å². The van der Waals surface area contributed by atoms with Crippen LogP contribution in [0.15, 0.2) is 42.7 Å². The van der Waals surface area contributed by atoms with Crippen LogP contribution in [-0.2, 0) is 6.54 Å². The summed E-state index contributed by atoms with van der Waals surface area (Å²) in [4.78, 5) is 5.15. The van der Waals surface area contributed by atoms with Crippen LogP contribution in [0.5, 0.6) is 0 Å². The summed E-state index contributed by atoms with van der Waals surface area (Å²) in [7, 11) is 0. The fraction of sp³-hybridized carbons (Fsp3) is 0.724. The third-order valence-corrected chi connectivity index (χ3v) is 6.76. The molecule has 2 heteroatoms. The molecule has 1 atom stereocenters. The van der Waals surface area contributed by atoms with Crippen molar-refractivity contribution in [1.29, 1.82) is 0 Å². The number of rotatable bonds is 19. The molecule has 0 fully saturated rings. The van der Waals surface area contributed by atoms with Crippen molar-refractivity contribution >= 4 is 0 Å². The Bertz CT molecular complexity index is 553. The van der Waals surface area contributed by atoms with Gasteiger partial charge in [0.15, 0.2) is 0 Å². The predicted octanol–water partition coefficient (Wildman–Crippen LogP) is 8.88. The van der Waals surface area contributed by atoms with Gasteiger partial charge in [-0.3, -0.25) is 0 Å². The summed E-state index contributed by atoms with van der Waals surface area (Å²) in [6.45, 7) is 6.82. The van der Waals surface area contributed by atoms with Crippen LogP contribution >= 0.6 is 0 Å². The van der Waals surface area contributed by atoms with E-state index in [9.17, 15) is 0 Å². The second-order valence-corrected chi connectivity index (χ2v) is 9.56. The van der Waals surface area contributed by atoms with Crippen LogP contribution in [0.2, 0.25) is 0 Å². The third kappa shape index (κ3) is 11.1. The Morgan fingerprint density at radius 2 is 1.10 bits per heavy atom. The van der Waals surface area contributed by atoms with Crippen LogP contribution in [-0.4, -0.2) is 22.5 Å². The SMILES string of the molecule is CCCCCCCCCCCCCCCC1N(CCCC)C=CN1Cc1ccccc1. The molecular formula is C29H50N2. The van der Waals surface area contributed by atoms with E-state index in [0.29, 0.717) is 6.17 Å². The highest BCUT2D eigenvalue weighted by atomic mass is 15.4. The highest BCUT2D eigenvalue weighted by molar-refractivity contribution is 5.15. The minimum absolute atomic E-state index is 0.555. The lowest BCUT2D eigenvalue weighted by molar-refractivity contribution is 0.132. The van der Waals surface area contributed by atoms with Crippen molar-refractivity contribution in [2.45, 2.75) is 129 Å². The molecular weight excluding hydrogens is 376 g/mol. The molecule has 1 aromatic rings. The lowest BCUT2D eigenvalue weighted by Crippen LogP contribution is -2.38. The fourth-order valence-electron chi connectivity index (χ4n) is 4.75. The largest absolute Gasteiger partial charge is 0.356 e. The first-order valence-electron chi connectivity index (χ1n) is 13.6. The summed E-state index contributed by atoms with van der Waals surface area (Å²) in [5, 5.41) is 0. The number of hydrogen-bond acceptors (Lipinski definition) is 2. The van der Waals surface area contributed by atoms with E-state index in [1.54, 1.807) is 0 Å². The Kier molecular flexibility index (Phi) is 14.3. The first-order chi connectivity index (χ1) is 15.3. The summed E-state index contributed by atoms with van der Waals surface area (Å²) in [5.74, 6) is 0. The summed E-state index contributed by atoms with van der Waals surface area (Å²) in [6, 6.07) is 10.9. The molecule has 0 saturated heterocycles. The molecule has 0 saturated carbocycles. The van der Waals surface area contributed by atoms with E-state index in [-0.39, 0.29) is 0 Å². The second kappa shape index (κ2) is 17.2. The van der Waals surface area contributed by atoms with Crippen molar-refractivity contribution < 1.29 is 0 Å². The van der Waals surface area contributed by atoms with Crippen LogP contribution in [0.1, 0.15) is 122 Å². The van der Waals surface area contributed by atoms with Crippen LogP contribution in [0.4, 0.5) is 0 Å². The predicted molar refractivity (Wildman–Crippen MR) is 137 cm³/mol. The van der Waals surface area contributed by atoms with Gasteiger partial charge in [0, 0.05) is 25.5 Å². The van der Waals surface area contributed by atoms with E-state index in [1.165, 1.54) is 115 Å². The molecule has 1 heterocycles. The Balaban J connectivity index is 1.57. The normalized spacial score (nSPS) is 15.9. The lowest BCUT2D eigenvalue weighted by atomic mass is 10.0. The van der Waals surface area contributed by atoms with Gasteiger partial charge in [-0.15, -0.1) is 0 Å². The van der Waals surface area contributed by atoms with Crippen LogP contribution in [0.25, 0.3) is 0 Å². The maximum Gasteiger partial charge on any atom is 0.101 e. The lowest BCUT2D eigenvalue weighted by Gasteiger charge is -2.33. The van der Waals surface area contributed by atoms with Gasteiger partial charge < -0.3 is 9.80 Å². The number of benzene rings is 1. The van der Waals surface area contributed by atoms with Gasteiger partial charge in [-0.25, -0.2) is 0 Å². The quantitative estimate of drug-likeness (QED) is 0.204. The van der Waals surface area contributed by atoms with E-state index in [4.69, 9.17) is 0 Å². The zero-order valence-electron chi connectivity index (χ0n) is 20.7. The molecule has 2 rings (SSSR count). The van der Waals surface area contributed by atoms with Crippen LogP contribution in [0, 0.1) is 0 Å². The highest BCUT2D eigenvalue weighted by Crippen LogP contribution is 2.24. The van der Waals surface area contributed by atoms with Gasteiger partial charge in [0.2, 0.25) is 0 Å². The van der Waals surface area contributed by atoms with Crippen LogP contribution in [0.3, 0.4) is 0 Å². The molecule has 31 heavy (non-hydrogen) atoms. The van der Waals surface area contributed by atoms with Crippen molar-refractivity contribution in [3.8, 4) is 0 Å². The Hall–Kier alpha value is -1.44. The van der Waals surface area contributed by atoms with Gasteiger partial charge in [0.25, 0.3) is 0 Å². The summed E-state index contributed by atoms with van der Waals surface area (Å²) in [6.07, 6.45) is 27.7. The standard InChI is InChI=1S/C29H50N2/c1-3-5-7-8-9-10-11-12-13-14-15-16-20-23-29-30(24-6-4-2)25-26-31(29)27-28-21-18-17-19-22-28/h17-19,21-22,25-26,29H,3-16,20,23-24,27H2,1-2H3. The molecule has 0 radical (unpaired) electrons. The number of nitrogens with zero attached hydrogens (tertiary/aromatic N) is 2. The fourth-order valence-corrected chi connectivity index (χ4v) is 4.75. The van der Waals surface area contributed by atoms with Crippen molar-refractivity contribution in [2.24, 2.45) is 0 Å². The molecule has 0 N–H and O–H groups in total. The first-order valence-corrected chi connectivity index (χ1v) is 13.6. The van der Waals surface area contributed by atoms with Crippen molar-refractivity contribution in [2.75, 3.05) is 6.54 Å². The monoisotopic (exact) mass is 426 g/mol. The molecule has 0 amide bonds. The molecule has 0 bridgehead atoms. The maximum atomic E-state index is 2.59. The molecule has 1 unspecified atom stereocenters. The van der Waals surface area contributed by atoms with Gasteiger partial charge in [0.05, 0.1) is 0 Å². The van der Waals surface area contributed by atoms with Gasteiger partial charge in [-0.05, 0) is 24.8 Å². The van der Waals surface area contributed by atoms with Gasteiger partial charge in [-0.1, -0.05) is 128 Å². The van der Waals surface area contributed by atoms with Gasteiger partial charge in [-0.2, -0.15) is 0 Å². The number of hydrogen-bond donors (Lipinski definition) is 0. The summed E-state index contributed by atoms with van der Waals surface area (Å²) in [5.41, 5.74) is 1.42. The first kappa shape index (κ1) is 25.8. The van der Waals surface area contributed by atoms with Crippen molar-refractivity contribution in [3.05, 3.63) is 48.3 Å². The highest BCUT2D eigenvalue weighted by Gasteiger charge is 2.25. The van der Waals surface area contributed by atoms with E-state index in [0.717, 1.165) is 6.54 Å². The number of unbranched alkanes of at least 4 members (excludes halogenated alkanes) is 13. The van der Waals surface area contributed by atoms with Crippen molar-refractivity contribution in [1.82, 2.24) is 9.80 Å². The molecule has 1 aliphatic heterocycles. The molecule has 0 spiro atoms.